The van der Waals surface area contributed by atoms with Gasteiger partial charge in [-0.3, -0.25) is 20.4 Å². The lowest BCUT2D eigenvalue weighted by atomic mass is 10.1. The number of furan rings is 1. The van der Waals surface area contributed by atoms with Crippen LogP contribution in [0.15, 0.2) is 40.8 Å². The Labute approximate surface area is 167 Å². The summed E-state index contributed by atoms with van der Waals surface area (Å²) in [5.74, 6) is 0.653. The van der Waals surface area contributed by atoms with Gasteiger partial charge >= 0.3 is 5.91 Å². The van der Waals surface area contributed by atoms with Gasteiger partial charge in [-0.2, -0.15) is 0 Å². The fourth-order valence-corrected chi connectivity index (χ4v) is 2.87. The molecule has 1 heterocycles. The SMILES string of the molecule is CCOc1ccc(C(=O)NNC(=O)c2oc3ccc(OC)cc3c2C)cc1OC. The largest absolute Gasteiger partial charge is 0.497 e. The summed E-state index contributed by atoms with van der Waals surface area (Å²) >= 11 is 0. The number of hydrogen-bond donors (Lipinski definition) is 2. The van der Waals surface area contributed by atoms with Gasteiger partial charge < -0.3 is 18.6 Å². The molecule has 2 aromatic carbocycles. The van der Waals surface area contributed by atoms with E-state index in [1.165, 1.54) is 13.2 Å². The molecule has 0 bridgehead atoms. The average Bonchev–Trinajstić information content (AvgIpc) is 3.08. The van der Waals surface area contributed by atoms with Crippen LogP contribution in [0.3, 0.4) is 0 Å². The van der Waals surface area contributed by atoms with E-state index in [1.54, 1.807) is 44.4 Å². The van der Waals surface area contributed by atoms with E-state index >= 15 is 0 Å². The zero-order chi connectivity index (χ0) is 21.0. The third-order valence-corrected chi connectivity index (χ3v) is 4.36. The predicted octanol–water partition coefficient (Wildman–Crippen LogP) is 3.23. The molecule has 3 aromatic rings. The van der Waals surface area contributed by atoms with Gasteiger partial charge in [0.2, 0.25) is 0 Å². The standard InChI is InChI=1S/C21H22N2O6/c1-5-28-17-8-6-13(10-18(17)27-4)20(24)22-23-21(25)19-12(2)15-11-14(26-3)7-9-16(15)29-19/h6-11H,5H2,1-4H3,(H,22,24)(H,23,25). The van der Waals surface area contributed by atoms with Crippen molar-refractivity contribution in [3.05, 3.63) is 53.3 Å². The van der Waals surface area contributed by atoms with Crippen LogP contribution in [-0.2, 0) is 0 Å². The van der Waals surface area contributed by atoms with Gasteiger partial charge in [-0.15, -0.1) is 0 Å². The zero-order valence-electron chi connectivity index (χ0n) is 16.6. The van der Waals surface area contributed by atoms with Crippen LogP contribution in [0.1, 0.15) is 33.4 Å². The molecule has 2 N–H and O–H groups in total. The van der Waals surface area contributed by atoms with Gasteiger partial charge in [0.15, 0.2) is 17.3 Å². The first-order valence-electron chi connectivity index (χ1n) is 8.97. The van der Waals surface area contributed by atoms with Crippen molar-refractivity contribution in [1.29, 1.82) is 0 Å². The molecular weight excluding hydrogens is 376 g/mol. The van der Waals surface area contributed by atoms with Crippen LogP contribution in [0.4, 0.5) is 0 Å². The molecule has 2 amide bonds. The maximum absolute atomic E-state index is 12.5. The summed E-state index contributed by atoms with van der Waals surface area (Å²) < 4.78 is 21.5. The van der Waals surface area contributed by atoms with Gasteiger partial charge in [0.1, 0.15) is 11.3 Å². The van der Waals surface area contributed by atoms with Gasteiger partial charge in [0.25, 0.3) is 5.91 Å². The van der Waals surface area contributed by atoms with Crippen LogP contribution < -0.4 is 25.1 Å². The van der Waals surface area contributed by atoms with Crippen molar-refractivity contribution in [2.24, 2.45) is 0 Å². The topological polar surface area (TPSA) is 99.0 Å². The number of methoxy groups -OCH3 is 2. The highest BCUT2D eigenvalue weighted by molar-refractivity contribution is 6.01. The van der Waals surface area contributed by atoms with Crippen LogP contribution >= 0.6 is 0 Å². The first-order valence-corrected chi connectivity index (χ1v) is 8.97. The van der Waals surface area contributed by atoms with E-state index in [4.69, 9.17) is 18.6 Å². The van der Waals surface area contributed by atoms with Gasteiger partial charge in [-0.25, -0.2) is 0 Å². The monoisotopic (exact) mass is 398 g/mol. The molecule has 8 nitrogen and oxygen atoms in total. The Kier molecular flexibility index (Phi) is 5.92. The number of aryl methyl sites for hydroxylation is 1. The van der Waals surface area contributed by atoms with Crippen LogP contribution in [0, 0.1) is 6.92 Å². The van der Waals surface area contributed by atoms with Gasteiger partial charge in [-0.1, -0.05) is 0 Å². The lowest BCUT2D eigenvalue weighted by molar-refractivity contribution is 0.0831. The van der Waals surface area contributed by atoms with Crippen molar-refractivity contribution < 1.29 is 28.2 Å². The second-order valence-corrected chi connectivity index (χ2v) is 6.13. The number of amides is 2. The third kappa shape index (κ3) is 4.11. The minimum atomic E-state index is -0.566. The second-order valence-electron chi connectivity index (χ2n) is 6.13. The van der Waals surface area contributed by atoms with Crippen LogP contribution in [0.2, 0.25) is 0 Å². The first-order chi connectivity index (χ1) is 14.0. The van der Waals surface area contributed by atoms with Crippen molar-refractivity contribution in [3.8, 4) is 17.2 Å². The summed E-state index contributed by atoms with van der Waals surface area (Å²) in [7, 11) is 3.05. The number of carbonyl (C=O) groups is 2. The van der Waals surface area contributed by atoms with E-state index in [2.05, 4.69) is 10.9 Å². The van der Waals surface area contributed by atoms with Crippen LogP contribution in [0.5, 0.6) is 17.2 Å². The molecule has 0 aliphatic carbocycles. The quantitative estimate of drug-likeness (QED) is 0.619. The zero-order valence-corrected chi connectivity index (χ0v) is 16.6. The predicted molar refractivity (Wildman–Crippen MR) is 107 cm³/mol. The number of fused-ring (bicyclic) bond motifs is 1. The molecule has 0 spiro atoms. The minimum absolute atomic E-state index is 0.109. The highest BCUT2D eigenvalue weighted by Crippen LogP contribution is 2.29. The number of benzene rings is 2. The van der Waals surface area contributed by atoms with E-state index in [1.807, 2.05) is 6.92 Å². The number of nitrogens with one attached hydrogen (secondary N) is 2. The van der Waals surface area contributed by atoms with Crippen molar-refractivity contribution in [2.45, 2.75) is 13.8 Å². The third-order valence-electron chi connectivity index (χ3n) is 4.36. The van der Waals surface area contributed by atoms with Crippen LogP contribution in [0.25, 0.3) is 11.0 Å². The molecule has 152 valence electrons. The molecule has 0 aliphatic rings. The lowest BCUT2D eigenvalue weighted by Crippen LogP contribution is -2.41. The first kappa shape index (κ1) is 20.1. The number of rotatable bonds is 6. The van der Waals surface area contributed by atoms with Gasteiger partial charge in [0, 0.05) is 16.5 Å². The highest BCUT2D eigenvalue weighted by atomic mass is 16.5. The molecule has 0 saturated carbocycles. The molecule has 1 aromatic heterocycles. The van der Waals surface area contributed by atoms with E-state index < -0.39 is 11.8 Å². The Morgan fingerprint density at radius 2 is 1.72 bits per heavy atom. The molecule has 8 heteroatoms. The number of ether oxygens (including phenoxy) is 3. The molecule has 3 rings (SSSR count). The second kappa shape index (κ2) is 8.55. The molecule has 0 fully saturated rings. The molecular formula is C21H22N2O6. The van der Waals surface area contributed by atoms with Crippen molar-refractivity contribution in [2.75, 3.05) is 20.8 Å². The Morgan fingerprint density at radius 3 is 2.41 bits per heavy atom. The fraction of sp³-hybridized carbons (Fsp3) is 0.238. The Balaban J connectivity index is 1.73. The van der Waals surface area contributed by atoms with Crippen molar-refractivity contribution in [3.63, 3.8) is 0 Å². The molecule has 0 aliphatic heterocycles. The van der Waals surface area contributed by atoms with Crippen molar-refractivity contribution >= 4 is 22.8 Å². The molecule has 0 unspecified atom stereocenters. The number of hydrogen-bond acceptors (Lipinski definition) is 6. The summed E-state index contributed by atoms with van der Waals surface area (Å²) in [4.78, 5) is 24.9. The Morgan fingerprint density at radius 1 is 0.966 bits per heavy atom. The molecule has 0 atom stereocenters. The lowest BCUT2D eigenvalue weighted by Gasteiger charge is -2.11. The smallest absolute Gasteiger partial charge is 0.305 e. The van der Waals surface area contributed by atoms with Gasteiger partial charge in [-0.05, 0) is 50.2 Å². The average molecular weight is 398 g/mol. The highest BCUT2D eigenvalue weighted by Gasteiger charge is 2.19. The minimum Gasteiger partial charge on any atom is -0.497 e. The summed E-state index contributed by atoms with van der Waals surface area (Å²) in [5.41, 5.74) is 6.24. The summed E-state index contributed by atoms with van der Waals surface area (Å²) in [5, 5.41) is 0.761. The normalized spacial score (nSPS) is 10.5. The van der Waals surface area contributed by atoms with E-state index in [0.717, 1.165) is 5.39 Å². The maximum Gasteiger partial charge on any atom is 0.305 e. The van der Waals surface area contributed by atoms with Crippen molar-refractivity contribution in [1.82, 2.24) is 10.9 Å². The number of hydrazine groups is 1. The summed E-state index contributed by atoms with van der Waals surface area (Å²) in [6.07, 6.45) is 0. The maximum atomic E-state index is 12.5. The van der Waals surface area contributed by atoms with E-state index in [-0.39, 0.29) is 5.76 Å². The molecule has 0 radical (unpaired) electrons. The molecule has 29 heavy (non-hydrogen) atoms. The van der Waals surface area contributed by atoms with E-state index in [9.17, 15) is 9.59 Å². The summed E-state index contributed by atoms with van der Waals surface area (Å²) in [6.45, 7) is 4.09. The summed E-state index contributed by atoms with van der Waals surface area (Å²) in [6, 6.07) is 10.0. The fourth-order valence-electron chi connectivity index (χ4n) is 2.87. The van der Waals surface area contributed by atoms with E-state index in [0.29, 0.717) is 40.6 Å². The Hall–Kier alpha value is -3.68. The Bertz CT molecular complexity index is 1060. The van der Waals surface area contributed by atoms with Gasteiger partial charge in [0.05, 0.1) is 20.8 Å². The number of carbonyl (C=O) groups excluding carboxylic acids is 2. The molecule has 0 saturated heterocycles. The van der Waals surface area contributed by atoms with Crippen LogP contribution in [-0.4, -0.2) is 32.6 Å².